The van der Waals surface area contributed by atoms with Crippen molar-refractivity contribution < 1.29 is 5.11 Å². The normalized spacial score (nSPS) is 30.9. The van der Waals surface area contributed by atoms with Crippen LogP contribution in [0.15, 0.2) is 17.5 Å². The van der Waals surface area contributed by atoms with Crippen LogP contribution in [0, 0.1) is 11.8 Å². The van der Waals surface area contributed by atoms with Crippen molar-refractivity contribution in [1.29, 1.82) is 0 Å². The predicted molar refractivity (Wildman–Crippen MR) is 69.8 cm³/mol. The summed E-state index contributed by atoms with van der Waals surface area (Å²) >= 11 is 1.76. The maximum atomic E-state index is 10.5. The van der Waals surface area contributed by atoms with Crippen LogP contribution >= 0.6 is 11.3 Å². The Hall–Kier alpha value is -0.340. The van der Waals surface area contributed by atoms with Gasteiger partial charge in [0.15, 0.2) is 0 Å². The van der Waals surface area contributed by atoms with E-state index in [0.717, 1.165) is 31.1 Å². The van der Waals surface area contributed by atoms with Crippen molar-refractivity contribution in [3.05, 3.63) is 22.4 Å². The Bertz CT molecular complexity index is 307. The SMILES string of the molecule is CC(C)C1CCC(O)(Cc2cccs2)CC1. The highest BCUT2D eigenvalue weighted by Gasteiger charge is 2.34. The molecule has 1 fully saturated rings. The number of thiophene rings is 1. The first-order chi connectivity index (χ1) is 7.59. The van der Waals surface area contributed by atoms with Gasteiger partial charge in [-0.2, -0.15) is 0 Å². The van der Waals surface area contributed by atoms with Gasteiger partial charge in [0.25, 0.3) is 0 Å². The number of rotatable bonds is 3. The van der Waals surface area contributed by atoms with Crippen molar-refractivity contribution in [2.75, 3.05) is 0 Å². The van der Waals surface area contributed by atoms with Crippen LogP contribution in [-0.2, 0) is 6.42 Å². The molecule has 1 saturated carbocycles. The molecular formula is C14H22OS. The van der Waals surface area contributed by atoms with E-state index in [1.807, 2.05) is 0 Å². The largest absolute Gasteiger partial charge is 0.390 e. The van der Waals surface area contributed by atoms with Gasteiger partial charge in [0.1, 0.15) is 0 Å². The molecule has 0 radical (unpaired) electrons. The summed E-state index contributed by atoms with van der Waals surface area (Å²) < 4.78 is 0. The zero-order chi connectivity index (χ0) is 11.6. The minimum Gasteiger partial charge on any atom is -0.390 e. The van der Waals surface area contributed by atoms with Gasteiger partial charge in [-0.25, -0.2) is 0 Å². The van der Waals surface area contributed by atoms with Gasteiger partial charge in [0.05, 0.1) is 5.60 Å². The zero-order valence-electron chi connectivity index (χ0n) is 10.3. The standard InChI is InChI=1S/C14H22OS/c1-11(2)12-5-7-14(15,8-6-12)10-13-4-3-9-16-13/h3-4,9,11-12,15H,5-8,10H2,1-2H3. The fourth-order valence-corrected chi connectivity index (χ4v) is 3.60. The first-order valence-corrected chi connectivity index (χ1v) is 7.22. The highest BCUT2D eigenvalue weighted by molar-refractivity contribution is 7.09. The summed E-state index contributed by atoms with van der Waals surface area (Å²) in [6.07, 6.45) is 5.20. The van der Waals surface area contributed by atoms with E-state index in [-0.39, 0.29) is 0 Å². The first kappa shape index (κ1) is 12.1. The fraction of sp³-hybridized carbons (Fsp3) is 0.714. The molecule has 0 saturated heterocycles. The van der Waals surface area contributed by atoms with E-state index in [2.05, 4.69) is 31.4 Å². The zero-order valence-corrected chi connectivity index (χ0v) is 11.1. The van der Waals surface area contributed by atoms with Gasteiger partial charge in [-0.05, 0) is 49.0 Å². The van der Waals surface area contributed by atoms with E-state index in [9.17, 15) is 5.11 Å². The van der Waals surface area contributed by atoms with Gasteiger partial charge in [0.2, 0.25) is 0 Å². The summed E-state index contributed by atoms with van der Waals surface area (Å²) in [7, 11) is 0. The second-order valence-electron chi connectivity index (χ2n) is 5.56. The predicted octanol–water partition coefficient (Wildman–Crippen LogP) is 3.87. The highest BCUT2D eigenvalue weighted by atomic mass is 32.1. The molecule has 1 heterocycles. The minimum atomic E-state index is -0.420. The second kappa shape index (κ2) is 4.89. The Labute approximate surface area is 103 Å². The van der Waals surface area contributed by atoms with Crippen molar-refractivity contribution in [2.24, 2.45) is 11.8 Å². The van der Waals surface area contributed by atoms with Gasteiger partial charge < -0.3 is 5.11 Å². The number of aliphatic hydroxyl groups is 1. The van der Waals surface area contributed by atoms with E-state index in [1.165, 1.54) is 17.7 Å². The fourth-order valence-electron chi connectivity index (χ4n) is 2.76. The summed E-state index contributed by atoms with van der Waals surface area (Å²) in [5, 5.41) is 12.6. The molecule has 0 aromatic carbocycles. The molecule has 0 atom stereocenters. The summed E-state index contributed by atoms with van der Waals surface area (Å²) in [5.74, 6) is 1.59. The minimum absolute atomic E-state index is 0.420. The lowest BCUT2D eigenvalue weighted by Gasteiger charge is -2.37. The van der Waals surface area contributed by atoms with Crippen molar-refractivity contribution >= 4 is 11.3 Å². The third kappa shape index (κ3) is 2.86. The highest BCUT2D eigenvalue weighted by Crippen LogP contribution is 2.38. The van der Waals surface area contributed by atoms with Gasteiger partial charge in [-0.3, -0.25) is 0 Å². The quantitative estimate of drug-likeness (QED) is 0.847. The maximum absolute atomic E-state index is 10.5. The molecule has 0 spiro atoms. The Balaban J connectivity index is 1.91. The number of hydrogen-bond acceptors (Lipinski definition) is 2. The van der Waals surface area contributed by atoms with Crippen molar-refractivity contribution in [3.8, 4) is 0 Å². The van der Waals surface area contributed by atoms with Crippen LogP contribution in [0.2, 0.25) is 0 Å². The number of hydrogen-bond donors (Lipinski definition) is 1. The van der Waals surface area contributed by atoms with Gasteiger partial charge >= 0.3 is 0 Å². The lowest BCUT2D eigenvalue weighted by Crippen LogP contribution is -2.37. The summed E-state index contributed by atoms with van der Waals surface area (Å²) in [5.41, 5.74) is -0.420. The van der Waals surface area contributed by atoms with Crippen molar-refractivity contribution in [1.82, 2.24) is 0 Å². The van der Waals surface area contributed by atoms with Crippen molar-refractivity contribution in [2.45, 2.75) is 51.6 Å². The Kier molecular flexibility index (Phi) is 3.70. The van der Waals surface area contributed by atoms with E-state index >= 15 is 0 Å². The average Bonchev–Trinajstić information content (AvgIpc) is 2.70. The van der Waals surface area contributed by atoms with Gasteiger partial charge in [0, 0.05) is 11.3 Å². The summed E-state index contributed by atoms with van der Waals surface area (Å²) in [6.45, 7) is 4.60. The molecule has 90 valence electrons. The lowest BCUT2D eigenvalue weighted by molar-refractivity contribution is -0.0140. The molecule has 16 heavy (non-hydrogen) atoms. The van der Waals surface area contributed by atoms with Gasteiger partial charge in [-0.15, -0.1) is 11.3 Å². The monoisotopic (exact) mass is 238 g/mol. The maximum Gasteiger partial charge on any atom is 0.0696 e. The molecule has 2 rings (SSSR count). The van der Waals surface area contributed by atoms with Gasteiger partial charge in [-0.1, -0.05) is 19.9 Å². The molecule has 1 aliphatic rings. The third-order valence-corrected chi connectivity index (χ3v) is 4.86. The molecule has 1 N–H and O–H groups in total. The van der Waals surface area contributed by atoms with E-state index in [0.29, 0.717) is 0 Å². The Morgan fingerprint density at radius 3 is 2.62 bits per heavy atom. The summed E-state index contributed by atoms with van der Waals surface area (Å²) in [4.78, 5) is 1.32. The topological polar surface area (TPSA) is 20.2 Å². The molecule has 2 heteroatoms. The molecule has 1 nitrogen and oxygen atoms in total. The smallest absolute Gasteiger partial charge is 0.0696 e. The molecule has 0 bridgehead atoms. The van der Waals surface area contributed by atoms with Crippen LogP contribution in [0.5, 0.6) is 0 Å². The van der Waals surface area contributed by atoms with E-state index in [1.54, 1.807) is 11.3 Å². The van der Waals surface area contributed by atoms with Crippen LogP contribution < -0.4 is 0 Å². The summed E-state index contributed by atoms with van der Waals surface area (Å²) in [6, 6.07) is 4.21. The molecule has 0 aliphatic heterocycles. The first-order valence-electron chi connectivity index (χ1n) is 6.34. The Morgan fingerprint density at radius 1 is 1.44 bits per heavy atom. The van der Waals surface area contributed by atoms with E-state index < -0.39 is 5.60 Å². The molecule has 1 aliphatic carbocycles. The van der Waals surface area contributed by atoms with Crippen LogP contribution in [0.3, 0.4) is 0 Å². The molecule has 0 amide bonds. The second-order valence-corrected chi connectivity index (χ2v) is 6.59. The van der Waals surface area contributed by atoms with Crippen LogP contribution in [-0.4, -0.2) is 10.7 Å². The van der Waals surface area contributed by atoms with E-state index in [4.69, 9.17) is 0 Å². The Morgan fingerprint density at radius 2 is 2.12 bits per heavy atom. The third-order valence-electron chi connectivity index (χ3n) is 3.99. The van der Waals surface area contributed by atoms with Crippen LogP contribution in [0.25, 0.3) is 0 Å². The molecular weight excluding hydrogens is 216 g/mol. The lowest BCUT2D eigenvalue weighted by atomic mass is 9.73. The average molecular weight is 238 g/mol. The molecule has 1 aromatic rings. The van der Waals surface area contributed by atoms with Crippen molar-refractivity contribution in [3.63, 3.8) is 0 Å². The van der Waals surface area contributed by atoms with Crippen LogP contribution in [0.4, 0.5) is 0 Å². The molecule has 1 aromatic heterocycles. The molecule has 0 unspecified atom stereocenters. The van der Waals surface area contributed by atoms with Crippen LogP contribution in [0.1, 0.15) is 44.4 Å².